The molecule has 74 valence electrons. The fourth-order valence-electron chi connectivity index (χ4n) is 1.18. The van der Waals surface area contributed by atoms with E-state index in [0.717, 1.165) is 3.79 Å². The summed E-state index contributed by atoms with van der Waals surface area (Å²) in [6, 6.07) is 2.13. The Morgan fingerprint density at radius 3 is 2.31 bits per heavy atom. The van der Waals surface area contributed by atoms with Crippen LogP contribution in [0.5, 0.6) is 0 Å². The number of rotatable bonds is 1. The molecule has 0 aliphatic heterocycles. The van der Waals surface area contributed by atoms with Crippen molar-refractivity contribution in [3.05, 3.63) is 20.3 Å². The molecule has 0 bridgehead atoms. The Morgan fingerprint density at radius 1 is 1.46 bits per heavy atom. The molecular weight excluding hydrogens is 268 g/mol. The fourth-order valence-corrected chi connectivity index (χ4v) is 3.22. The van der Waals surface area contributed by atoms with Crippen molar-refractivity contribution in [3.63, 3.8) is 0 Å². The predicted octanol–water partition coefficient (Wildman–Crippen LogP) is 5.15. The van der Waals surface area contributed by atoms with Gasteiger partial charge in [-0.1, -0.05) is 20.8 Å². The van der Waals surface area contributed by atoms with Gasteiger partial charge < -0.3 is 0 Å². The van der Waals surface area contributed by atoms with Crippen molar-refractivity contribution in [2.75, 3.05) is 0 Å². The van der Waals surface area contributed by atoms with Crippen LogP contribution in [0.15, 0.2) is 9.85 Å². The maximum atomic E-state index is 6.39. The predicted molar refractivity (Wildman–Crippen MR) is 64.8 cm³/mol. The largest absolute Gasteiger partial charge is 0.133 e. The van der Waals surface area contributed by atoms with Gasteiger partial charge in [0, 0.05) is 4.88 Å². The third-order valence-electron chi connectivity index (χ3n) is 1.96. The molecular formula is C10H14BrClS. The van der Waals surface area contributed by atoms with E-state index in [2.05, 4.69) is 49.7 Å². The molecule has 1 atom stereocenters. The van der Waals surface area contributed by atoms with Gasteiger partial charge in [0.05, 0.1) is 9.16 Å². The van der Waals surface area contributed by atoms with Gasteiger partial charge in [-0.05, 0) is 39.9 Å². The van der Waals surface area contributed by atoms with E-state index in [1.807, 2.05) is 0 Å². The van der Waals surface area contributed by atoms with Crippen LogP contribution in [0.3, 0.4) is 0 Å². The number of aryl methyl sites for hydroxylation is 1. The van der Waals surface area contributed by atoms with Crippen molar-refractivity contribution in [2.24, 2.45) is 5.41 Å². The van der Waals surface area contributed by atoms with E-state index in [-0.39, 0.29) is 10.8 Å². The molecule has 0 spiro atoms. The smallest absolute Gasteiger partial charge is 0.0704 e. The normalized spacial score (nSPS) is 14.6. The fraction of sp³-hybridized carbons (Fsp3) is 0.600. The van der Waals surface area contributed by atoms with Crippen LogP contribution >= 0.6 is 38.9 Å². The molecule has 0 saturated heterocycles. The first-order chi connectivity index (χ1) is 5.82. The summed E-state index contributed by atoms with van der Waals surface area (Å²) in [5.74, 6) is 0. The summed E-state index contributed by atoms with van der Waals surface area (Å²) in [5.41, 5.74) is 1.37. The third-order valence-corrected chi connectivity index (χ3v) is 4.42. The number of hydrogen-bond donors (Lipinski definition) is 0. The van der Waals surface area contributed by atoms with Crippen LogP contribution in [-0.2, 0) is 0 Å². The standard InChI is InChI=1S/C10H14BrClS/c1-6-7(5-8(11)13-6)9(12)10(2,3)4/h5,9H,1-4H3. The number of alkyl halides is 1. The summed E-state index contributed by atoms with van der Waals surface area (Å²) in [7, 11) is 0. The molecule has 0 aromatic carbocycles. The summed E-state index contributed by atoms with van der Waals surface area (Å²) >= 11 is 11.6. The lowest BCUT2D eigenvalue weighted by Gasteiger charge is -2.25. The summed E-state index contributed by atoms with van der Waals surface area (Å²) in [5, 5.41) is 0.0926. The van der Waals surface area contributed by atoms with E-state index in [4.69, 9.17) is 11.6 Å². The second-order valence-electron chi connectivity index (χ2n) is 4.29. The van der Waals surface area contributed by atoms with Gasteiger partial charge in [0.25, 0.3) is 0 Å². The molecule has 1 aromatic heterocycles. The Balaban J connectivity index is 3.01. The lowest BCUT2D eigenvalue weighted by molar-refractivity contribution is 0.395. The average Bonchev–Trinajstić information content (AvgIpc) is 2.26. The van der Waals surface area contributed by atoms with Gasteiger partial charge in [-0.15, -0.1) is 22.9 Å². The second kappa shape index (κ2) is 3.92. The van der Waals surface area contributed by atoms with Crippen LogP contribution in [0.1, 0.15) is 36.6 Å². The topological polar surface area (TPSA) is 0 Å². The van der Waals surface area contributed by atoms with Gasteiger partial charge in [-0.3, -0.25) is 0 Å². The highest BCUT2D eigenvalue weighted by Gasteiger charge is 2.26. The Kier molecular flexibility index (Phi) is 3.48. The first-order valence-corrected chi connectivity index (χ1v) is 6.27. The van der Waals surface area contributed by atoms with Gasteiger partial charge in [0.15, 0.2) is 0 Å². The maximum Gasteiger partial charge on any atom is 0.0704 e. The van der Waals surface area contributed by atoms with Crippen LogP contribution < -0.4 is 0 Å². The molecule has 3 heteroatoms. The van der Waals surface area contributed by atoms with E-state index in [1.54, 1.807) is 11.3 Å². The minimum absolute atomic E-state index is 0.0926. The molecule has 1 heterocycles. The maximum absolute atomic E-state index is 6.39. The molecule has 0 amide bonds. The molecule has 0 aliphatic rings. The van der Waals surface area contributed by atoms with Crippen molar-refractivity contribution in [2.45, 2.75) is 33.1 Å². The van der Waals surface area contributed by atoms with Crippen molar-refractivity contribution in [1.82, 2.24) is 0 Å². The Hall–Kier alpha value is 0.470. The van der Waals surface area contributed by atoms with Crippen molar-refractivity contribution < 1.29 is 0 Å². The molecule has 0 radical (unpaired) electrons. The molecule has 0 nitrogen and oxygen atoms in total. The lowest BCUT2D eigenvalue weighted by atomic mass is 9.88. The first kappa shape index (κ1) is 11.5. The highest BCUT2D eigenvalue weighted by molar-refractivity contribution is 9.11. The van der Waals surface area contributed by atoms with E-state index in [1.165, 1.54) is 10.4 Å². The molecule has 0 fully saturated rings. The number of hydrogen-bond acceptors (Lipinski definition) is 1. The molecule has 13 heavy (non-hydrogen) atoms. The van der Waals surface area contributed by atoms with E-state index < -0.39 is 0 Å². The van der Waals surface area contributed by atoms with Crippen molar-refractivity contribution in [3.8, 4) is 0 Å². The highest BCUT2D eigenvalue weighted by Crippen LogP contribution is 2.43. The van der Waals surface area contributed by atoms with E-state index >= 15 is 0 Å². The van der Waals surface area contributed by atoms with Crippen LogP contribution in [0.4, 0.5) is 0 Å². The molecule has 0 aliphatic carbocycles. The molecule has 1 unspecified atom stereocenters. The Morgan fingerprint density at radius 2 is 2.00 bits per heavy atom. The third kappa shape index (κ3) is 2.71. The summed E-state index contributed by atoms with van der Waals surface area (Å²) in [4.78, 5) is 1.31. The zero-order chi connectivity index (χ0) is 10.2. The van der Waals surface area contributed by atoms with Gasteiger partial charge in [0.1, 0.15) is 0 Å². The van der Waals surface area contributed by atoms with Crippen LogP contribution in [0, 0.1) is 12.3 Å². The van der Waals surface area contributed by atoms with Crippen LogP contribution in [-0.4, -0.2) is 0 Å². The Bertz CT molecular complexity index is 298. The average molecular weight is 282 g/mol. The van der Waals surface area contributed by atoms with Crippen molar-refractivity contribution in [1.29, 1.82) is 0 Å². The molecule has 1 rings (SSSR count). The second-order valence-corrected chi connectivity index (χ2v) is 7.36. The van der Waals surface area contributed by atoms with Crippen LogP contribution in [0.2, 0.25) is 0 Å². The van der Waals surface area contributed by atoms with Crippen molar-refractivity contribution >= 4 is 38.9 Å². The highest BCUT2D eigenvalue weighted by atomic mass is 79.9. The Labute approximate surface area is 97.4 Å². The summed E-state index contributed by atoms with van der Waals surface area (Å²) in [6.07, 6.45) is 0. The minimum Gasteiger partial charge on any atom is -0.133 e. The first-order valence-electron chi connectivity index (χ1n) is 4.22. The summed E-state index contributed by atoms with van der Waals surface area (Å²) in [6.45, 7) is 8.60. The molecule has 0 N–H and O–H groups in total. The minimum atomic E-state index is 0.0926. The zero-order valence-electron chi connectivity index (χ0n) is 8.32. The SMILES string of the molecule is Cc1sc(Br)cc1C(Cl)C(C)(C)C. The number of thiophene rings is 1. The van der Waals surface area contributed by atoms with E-state index in [0.29, 0.717) is 0 Å². The monoisotopic (exact) mass is 280 g/mol. The van der Waals surface area contributed by atoms with Gasteiger partial charge in [-0.2, -0.15) is 0 Å². The summed E-state index contributed by atoms with van der Waals surface area (Å²) < 4.78 is 1.16. The van der Waals surface area contributed by atoms with E-state index in [9.17, 15) is 0 Å². The molecule has 0 saturated carbocycles. The lowest BCUT2D eigenvalue weighted by Crippen LogP contribution is -2.13. The van der Waals surface area contributed by atoms with Crippen LogP contribution in [0.25, 0.3) is 0 Å². The van der Waals surface area contributed by atoms with Gasteiger partial charge in [0.2, 0.25) is 0 Å². The number of halogens is 2. The van der Waals surface area contributed by atoms with Gasteiger partial charge >= 0.3 is 0 Å². The quantitative estimate of drug-likeness (QED) is 0.625. The molecule has 1 aromatic rings. The zero-order valence-corrected chi connectivity index (χ0v) is 11.5. The van der Waals surface area contributed by atoms with Gasteiger partial charge in [-0.25, -0.2) is 0 Å².